The van der Waals surface area contributed by atoms with Crippen molar-refractivity contribution in [3.05, 3.63) is 24.3 Å². The Morgan fingerprint density at radius 3 is 2.33 bits per heavy atom. The van der Waals surface area contributed by atoms with Gasteiger partial charge in [0.25, 0.3) is 0 Å². The summed E-state index contributed by atoms with van der Waals surface area (Å²) in [7, 11) is 0. The van der Waals surface area contributed by atoms with E-state index in [2.05, 4.69) is 17.4 Å². The normalized spacial score (nSPS) is 16.1. The highest BCUT2D eigenvalue weighted by molar-refractivity contribution is 8.00. The van der Waals surface area contributed by atoms with Crippen LogP contribution in [0.25, 0.3) is 0 Å². The molecule has 0 spiro atoms. The number of carbonyl (C=O) groups is 1. The predicted molar refractivity (Wildman–Crippen MR) is 90.7 cm³/mol. The summed E-state index contributed by atoms with van der Waals surface area (Å²) in [6, 6.07) is 8.13. The summed E-state index contributed by atoms with van der Waals surface area (Å²) in [5.41, 5.74) is 6.17. The molecule has 116 valence electrons. The molecule has 1 aromatic carbocycles. The number of anilines is 1. The van der Waals surface area contributed by atoms with E-state index in [0.717, 1.165) is 10.9 Å². The molecular weight excluding hydrogens is 280 g/mol. The quantitative estimate of drug-likeness (QED) is 0.829. The lowest BCUT2D eigenvalue weighted by atomic mass is 9.93. The van der Waals surface area contributed by atoms with Gasteiger partial charge in [-0.25, -0.2) is 0 Å². The minimum absolute atomic E-state index is 0.0938. The zero-order chi connectivity index (χ0) is 15.3. The molecule has 1 saturated carbocycles. The Bertz CT molecular complexity index is 462. The van der Waals surface area contributed by atoms with E-state index in [1.54, 1.807) is 0 Å². The van der Waals surface area contributed by atoms with E-state index in [0.29, 0.717) is 12.8 Å². The molecule has 0 heterocycles. The lowest BCUT2D eigenvalue weighted by Gasteiger charge is -2.25. The first kappa shape index (κ1) is 16.4. The largest absolute Gasteiger partial charge is 0.324 e. The first-order chi connectivity index (χ1) is 10.1. The molecule has 1 aromatic rings. The molecule has 1 aliphatic carbocycles. The lowest BCUT2D eigenvalue weighted by Crippen LogP contribution is -2.50. The summed E-state index contributed by atoms with van der Waals surface area (Å²) in [4.78, 5) is 13.5. The second kappa shape index (κ2) is 7.32. The van der Waals surface area contributed by atoms with Crippen LogP contribution in [-0.4, -0.2) is 16.7 Å². The molecule has 0 atom stereocenters. The summed E-state index contributed by atoms with van der Waals surface area (Å²) >= 11 is 1.96. The molecule has 1 aliphatic rings. The van der Waals surface area contributed by atoms with Crippen LogP contribution in [0.15, 0.2) is 29.2 Å². The van der Waals surface area contributed by atoms with E-state index in [1.165, 1.54) is 30.6 Å². The molecule has 0 unspecified atom stereocenters. The fourth-order valence-corrected chi connectivity index (χ4v) is 3.89. The van der Waals surface area contributed by atoms with Gasteiger partial charge < -0.3 is 11.1 Å². The number of carbonyl (C=O) groups excluding carboxylic acids is 1. The molecular formula is C17H26N2OS. The summed E-state index contributed by atoms with van der Waals surface area (Å²) in [6.07, 6.45) is 6.66. The standard InChI is InChI=1S/C17H26N2OS/c1-3-17(18,4-2)16(20)19-13-9-11-15(12-10-13)21-14-7-5-6-8-14/h9-12,14H,3-8,18H2,1-2H3,(H,19,20). The van der Waals surface area contributed by atoms with Crippen molar-refractivity contribution in [2.75, 3.05) is 5.32 Å². The molecule has 0 saturated heterocycles. The van der Waals surface area contributed by atoms with E-state index in [9.17, 15) is 4.79 Å². The molecule has 3 N–H and O–H groups in total. The van der Waals surface area contributed by atoms with E-state index in [-0.39, 0.29) is 5.91 Å². The molecule has 4 heteroatoms. The van der Waals surface area contributed by atoms with Gasteiger partial charge in [0.05, 0.1) is 5.54 Å². The second-order valence-corrected chi connectivity index (χ2v) is 7.24. The number of amides is 1. The van der Waals surface area contributed by atoms with Crippen LogP contribution in [0.2, 0.25) is 0 Å². The predicted octanol–water partition coefficient (Wildman–Crippen LogP) is 4.18. The van der Waals surface area contributed by atoms with Gasteiger partial charge in [0.1, 0.15) is 0 Å². The zero-order valence-electron chi connectivity index (χ0n) is 13.0. The van der Waals surface area contributed by atoms with Crippen LogP contribution < -0.4 is 11.1 Å². The van der Waals surface area contributed by atoms with Crippen molar-refractivity contribution in [1.82, 2.24) is 0 Å². The van der Waals surface area contributed by atoms with Crippen molar-refractivity contribution in [3.63, 3.8) is 0 Å². The third-order valence-electron chi connectivity index (χ3n) is 4.43. The Morgan fingerprint density at radius 2 is 1.81 bits per heavy atom. The molecule has 3 nitrogen and oxygen atoms in total. The Hall–Kier alpha value is -1.00. The summed E-state index contributed by atoms with van der Waals surface area (Å²) in [5, 5.41) is 3.70. The van der Waals surface area contributed by atoms with E-state index >= 15 is 0 Å². The number of hydrogen-bond donors (Lipinski definition) is 2. The highest BCUT2D eigenvalue weighted by atomic mass is 32.2. The van der Waals surface area contributed by atoms with E-state index < -0.39 is 5.54 Å². The lowest BCUT2D eigenvalue weighted by molar-refractivity contribution is -0.121. The maximum absolute atomic E-state index is 12.2. The molecule has 2 rings (SSSR count). The van der Waals surface area contributed by atoms with Gasteiger partial charge in [0.2, 0.25) is 5.91 Å². The van der Waals surface area contributed by atoms with Crippen molar-refractivity contribution in [2.24, 2.45) is 5.73 Å². The molecule has 21 heavy (non-hydrogen) atoms. The van der Waals surface area contributed by atoms with E-state index in [4.69, 9.17) is 5.73 Å². The highest BCUT2D eigenvalue weighted by Gasteiger charge is 2.29. The fraction of sp³-hybridized carbons (Fsp3) is 0.588. The van der Waals surface area contributed by atoms with Crippen LogP contribution in [0.3, 0.4) is 0 Å². The van der Waals surface area contributed by atoms with Gasteiger partial charge in [-0.3, -0.25) is 4.79 Å². The Labute approximate surface area is 132 Å². The Kier molecular flexibility index (Phi) is 5.71. The van der Waals surface area contributed by atoms with Crippen LogP contribution in [0, 0.1) is 0 Å². The van der Waals surface area contributed by atoms with Crippen LogP contribution >= 0.6 is 11.8 Å². The van der Waals surface area contributed by atoms with Crippen molar-refractivity contribution in [2.45, 2.75) is 68.1 Å². The number of thioether (sulfide) groups is 1. The Balaban J connectivity index is 1.94. The van der Waals surface area contributed by atoms with Gasteiger partial charge in [-0.1, -0.05) is 26.7 Å². The van der Waals surface area contributed by atoms with Crippen molar-refractivity contribution < 1.29 is 4.79 Å². The Morgan fingerprint density at radius 1 is 1.24 bits per heavy atom. The fourth-order valence-electron chi connectivity index (χ4n) is 2.64. The van der Waals surface area contributed by atoms with Gasteiger partial charge >= 0.3 is 0 Å². The minimum atomic E-state index is -0.767. The van der Waals surface area contributed by atoms with Crippen LogP contribution in [-0.2, 0) is 4.79 Å². The number of rotatable bonds is 6. The molecule has 0 aliphatic heterocycles. The molecule has 0 bridgehead atoms. The van der Waals surface area contributed by atoms with Crippen LogP contribution in [0.1, 0.15) is 52.4 Å². The van der Waals surface area contributed by atoms with Gasteiger partial charge in [-0.05, 0) is 49.9 Å². The molecule has 0 aromatic heterocycles. The topological polar surface area (TPSA) is 55.1 Å². The third-order valence-corrected chi connectivity index (χ3v) is 5.78. The van der Waals surface area contributed by atoms with Crippen molar-refractivity contribution in [3.8, 4) is 0 Å². The molecule has 1 fully saturated rings. The average Bonchev–Trinajstić information content (AvgIpc) is 3.01. The number of nitrogens with two attached hydrogens (primary N) is 1. The van der Waals surface area contributed by atoms with Crippen LogP contribution in [0.5, 0.6) is 0 Å². The van der Waals surface area contributed by atoms with E-state index in [1.807, 2.05) is 37.7 Å². The van der Waals surface area contributed by atoms with Gasteiger partial charge in [-0.15, -0.1) is 11.8 Å². The maximum atomic E-state index is 12.2. The van der Waals surface area contributed by atoms with Gasteiger partial charge in [-0.2, -0.15) is 0 Å². The van der Waals surface area contributed by atoms with Crippen molar-refractivity contribution >= 4 is 23.4 Å². The van der Waals surface area contributed by atoms with Crippen LogP contribution in [0.4, 0.5) is 5.69 Å². The smallest absolute Gasteiger partial charge is 0.244 e. The minimum Gasteiger partial charge on any atom is -0.324 e. The summed E-state index contributed by atoms with van der Waals surface area (Å²) in [6.45, 7) is 3.90. The number of hydrogen-bond acceptors (Lipinski definition) is 3. The monoisotopic (exact) mass is 306 g/mol. The zero-order valence-corrected chi connectivity index (χ0v) is 13.8. The average molecular weight is 306 g/mol. The molecule has 1 amide bonds. The van der Waals surface area contributed by atoms with Gasteiger partial charge in [0.15, 0.2) is 0 Å². The number of benzene rings is 1. The van der Waals surface area contributed by atoms with Crippen molar-refractivity contribution in [1.29, 1.82) is 0 Å². The molecule has 0 radical (unpaired) electrons. The summed E-state index contributed by atoms with van der Waals surface area (Å²) < 4.78 is 0. The number of nitrogens with one attached hydrogen (secondary N) is 1. The van der Waals surface area contributed by atoms with Gasteiger partial charge in [0, 0.05) is 15.8 Å². The SMILES string of the molecule is CCC(N)(CC)C(=O)Nc1ccc(SC2CCCC2)cc1. The maximum Gasteiger partial charge on any atom is 0.244 e. The highest BCUT2D eigenvalue weighted by Crippen LogP contribution is 2.35. The first-order valence-electron chi connectivity index (χ1n) is 7.94. The first-order valence-corrected chi connectivity index (χ1v) is 8.82. The second-order valence-electron chi connectivity index (χ2n) is 5.87. The third kappa shape index (κ3) is 4.24. The summed E-state index contributed by atoms with van der Waals surface area (Å²) in [5.74, 6) is -0.0938.